The molecule has 2 fully saturated rings. The summed E-state index contributed by atoms with van der Waals surface area (Å²) in [4.78, 5) is 29.9. The van der Waals surface area contributed by atoms with Crippen LogP contribution in [0.1, 0.15) is 35.4 Å². The number of aryl methyl sites for hydroxylation is 1. The highest BCUT2D eigenvalue weighted by atomic mass is 16.6. The number of likely N-dealkylation sites (tertiary alicyclic amines) is 1. The molecule has 2 amide bonds. The van der Waals surface area contributed by atoms with Crippen molar-refractivity contribution in [3.05, 3.63) is 41.7 Å². The van der Waals surface area contributed by atoms with Crippen LogP contribution in [0.3, 0.4) is 0 Å². The van der Waals surface area contributed by atoms with E-state index in [0.29, 0.717) is 31.1 Å². The van der Waals surface area contributed by atoms with E-state index in [0.717, 1.165) is 31.5 Å². The lowest BCUT2D eigenvalue weighted by Gasteiger charge is -2.39. The topological polar surface area (TPSA) is 80.6 Å². The fourth-order valence-electron chi connectivity index (χ4n) is 3.68. The van der Waals surface area contributed by atoms with Crippen LogP contribution < -0.4 is 0 Å². The van der Waals surface area contributed by atoms with Gasteiger partial charge in [0.25, 0.3) is 5.91 Å². The highest BCUT2D eigenvalue weighted by molar-refractivity contribution is 5.93. The third-order valence-electron chi connectivity index (χ3n) is 5.17. The number of ether oxygens (including phenoxy) is 1. The molecule has 0 bridgehead atoms. The van der Waals surface area contributed by atoms with Gasteiger partial charge in [0, 0.05) is 25.7 Å². The predicted molar refractivity (Wildman–Crippen MR) is 97.7 cm³/mol. The van der Waals surface area contributed by atoms with Crippen LogP contribution in [-0.2, 0) is 4.74 Å². The molecular formula is C19H23N5O3. The van der Waals surface area contributed by atoms with Crippen LogP contribution in [0.15, 0.2) is 30.3 Å². The second-order valence-corrected chi connectivity index (χ2v) is 6.94. The van der Waals surface area contributed by atoms with Crippen molar-refractivity contribution in [3.63, 3.8) is 0 Å². The Balaban J connectivity index is 1.42. The highest BCUT2D eigenvalue weighted by Gasteiger charge is 2.33. The van der Waals surface area contributed by atoms with Crippen molar-refractivity contribution >= 4 is 12.0 Å². The number of amides is 2. The number of piperidine rings is 1. The smallest absolute Gasteiger partial charge is 0.410 e. The molecule has 0 atom stereocenters. The van der Waals surface area contributed by atoms with E-state index in [1.165, 1.54) is 4.80 Å². The minimum Gasteiger partial charge on any atom is -0.449 e. The number of carbonyl (C=O) groups excluding carboxylic acids is 2. The molecule has 1 aromatic carbocycles. The average molecular weight is 369 g/mol. The summed E-state index contributed by atoms with van der Waals surface area (Å²) in [5, 5.41) is 8.79. The lowest BCUT2D eigenvalue weighted by molar-refractivity contribution is 0.0355. The van der Waals surface area contributed by atoms with E-state index >= 15 is 0 Å². The standard InChI is InChI=1S/C19H23N5O3/c1-14-17(21-24(20-14)16-6-3-2-4-7-16)18(25)22-11-8-15(9-12-22)23-10-5-13-27-19(23)26/h2-4,6-7,15H,5,8-13H2,1H3. The van der Waals surface area contributed by atoms with Crippen molar-refractivity contribution in [3.8, 4) is 5.69 Å². The molecule has 0 spiro atoms. The van der Waals surface area contributed by atoms with Crippen molar-refractivity contribution in [2.24, 2.45) is 0 Å². The molecular weight excluding hydrogens is 346 g/mol. The first-order chi connectivity index (χ1) is 13.1. The Labute approximate surface area is 157 Å². The molecule has 0 aliphatic carbocycles. The maximum absolute atomic E-state index is 12.9. The summed E-state index contributed by atoms with van der Waals surface area (Å²) < 4.78 is 5.13. The number of hydrogen-bond acceptors (Lipinski definition) is 5. The van der Waals surface area contributed by atoms with Crippen molar-refractivity contribution in [2.75, 3.05) is 26.2 Å². The van der Waals surface area contributed by atoms with Crippen molar-refractivity contribution in [1.29, 1.82) is 0 Å². The van der Waals surface area contributed by atoms with Gasteiger partial charge >= 0.3 is 6.09 Å². The van der Waals surface area contributed by atoms with Crippen LogP contribution in [0.5, 0.6) is 0 Å². The van der Waals surface area contributed by atoms with Crippen LogP contribution in [-0.4, -0.2) is 69.1 Å². The molecule has 142 valence electrons. The van der Waals surface area contributed by atoms with E-state index < -0.39 is 0 Å². The molecule has 3 heterocycles. The molecule has 2 saturated heterocycles. The quantitative estimate of drug-likeness (QED) is 0.827. The largest absolute Gasteiger partial charge is 0.449 e. The average Bonchev–Trinajstić information content (AvgIpc) is 3.10. The summed E-state index contributed by atoms with van der Waals surface area (Å²) in [7, 11) is 0. The third-order valence-corrected chi connectivity index (χ3v) is 5.17. The van der Waals surface area contributed by atoms with Gasteiger partial charge in [-0.1, -0.05) is 18.2 Å². The molecule has 0 unspecified atom stereocenters. The van der Waals surface area contributed by atoms with Gasteiger partial charge in [0.1, 0.15) is 0 Å². The van der Waals surface area contributed by atoms with Crippen molar-refractivity contribution < 1.29 is 14.3 Å². The minimum absolute atomic E-state index is 0.102. The van der Waals surface area contributed by atoms with Gasteiger partial charge in [0.15, 0.2) is 5.69 Å². The first kappa shape index (κ1) is 17.5. The number of carbonyl (C=O) groups is 2. The predicted octanol–water partition coefficient (Wildman–Crippen LogP) is 2.02. The van der Waals surface area contributed by atoms with E-state index in [-0.39, 0.29) is 18.0 Å². The zero-order chi connectivity index (χ0) is 18.8. The van der Waals surface area contributed by atoms with E-state index in [9.17, 15) is 9.59 Å². The molecule has 0 N–H and O–H groups in total. The first-order valence-electron chi connectivity index (χ1n) is 9.35. The number of benzene rings is 1. The molecule has 0 saturated carbocycles. The zero-order valence-electron chi connectivity index (χ0n) is 15.4. The van der Waals surface area contributed by atoms with E-state index in [4.69, 9.17) is 4.74 Å². The SMILES string of the molecule is Cc1nn(-c2ccccc2)nc1C(=O)N1CCC(N2CCCOC2=O)CC1. The number of nitrogens with zero attached hydrogens (tertiary/aromatic N) is 5. The van der Waals surface area contributed by atoms with Gasteiger partial charge in [-0.05, 0) is 38.3 Å². The Bertz CT molecular complexity index is 827. The van der Waals surface area contributed by atoms with Gasteiger partial charge in [0.05, 0.1) is 18.0 Å². The maximum atomic E-state index is 12.9. The second kappa shape index (κ2) is 7.38. The van der Waals surface area contributed by atoms with Gasteiger partial charge in [-0.25, -0.2) is 4.79 Å². The summed E-state index contributed by atoms with van der Waals surface area (Å²) in [6.07, 6.45) is 2.15. The van der Waals surface area contributed by atoms with Crippen molar-refractivity contribution in [1.82, 2.24) is 24.8 Å². The molecule has 2 aromatic rings. The van der Waals surface area contributed by atoms with Crippen LogP contribution in [0.2, 0.25) is 0 Å². The molecule has 1 aromatic heterocycles. The van der Waals surface area contributed by atoms with E-state index in [1.807, 2.05) is 35.2 Å². The van der Waals surface area contributed by atoms with Gasteiger partial charge < -0.3 is 14.5 Å². The summed E-state index contributed by atoms with van der Waals surface area (Å²) in [5.74, 6) is -0.102. The number of para-hydroxylation sites is 1. The molecule has 0 radical (unpaired) electrons. The third kappa shape index (κ3) is 3.51. The summed E-state index contributed by atoms with van der Waals surface area (Å²) in [5.41, 5.74) is 1.82. The monoisotopic (exact) mass is 369 g/mol. The van der Waals surface area contributed by atoms with E-state index in [2.05, 4.69) is 10.2 Å². The van der Waals surface area contributed by atoms with Gasteiger partial charge in [-0.3, -0.25) is 4.79 Å². The number of aromatic nitrogens is 3. The highest BCUT2D eigenvalue weighted by Crippen LogP contribution is 2.21. The molecule has 4 rings (SSSR count). The summed E-state index contributed by atoms with van der Waals surface area (Å²) >= 11 is 0. The first-order valence-corrected chi connectivity index (χ1v) is 9.35. The molecule has 8 heteroatoms. The summed E-state index contributed by atoms with van der Waals surface area (Å²) in [6.45, 7) is 4.25. The second-order valence-electron chi connectivity index (χ2n) is 6.94. The van der Waals surface area contributed by atoms with Gasteiger partial charge in [0.2, 0.25) is 0 Å². The van der Waals surface area contributed by atoms with E-state index in [1.54, 1.807) is 11.8 Å². The summed E-state index contributed by atoms with van der Waals surface area (Å²) in [6, 6.07) is 9.68. The Morgan fingerprint density at radius 3 is 2.56 bits per heavy atom. The zero-order valence-corrected chi connectivity index (χ0v) is 15.4. The van der Waals surface area contributed by atoms with Crippen LogP contribution >= 0.6 is 0 Å². The Kier molecular flexibility index (Phi) is 4.79. The Morgan fingerprint density at radius 1 is 1.11 bits per heavy atom. The minimum atomic E-state index is -0.229. The lowest BCUT2D eigenvalue weighted by atomic mass is 10.0. The lowest BCUT2D eigenvalue weighted by Crippen LogP contribution is -2.51. The Morgan fingerprint density at radius 2 is 1.85 bits per heavy atom. The van der Waals surface area contributed by atoms with Crippen LogP contribution in [0.4, 0.5) is 4.79 Å². The molecule has 2 aliphatic rings. The molecule has 8 nitrogen and oxygen atoms in total. The molecule has 27 heavy (non-hydrogen) atoms. The normalized spacial score (nSPS) is 18.5. The molecule has 2 aliphatic heterocycles. The van der Waals surface area contributed by atoms with Crippen molar-refractivity contribution in [2.45, 2.75) is 32.2 Å². The number of hydrogen-bond donors (Lipinski definition) is 0. The van der Waals surface area contributed by atoms with Crippen LogP contribution in [0.25, 0.3) is 5.69 Å². The Hall–Kier alpha value is -2.90. The van der Waals surface area contributed by atoms with Crippen LogP contribution in [0, 0.1) is 6.92 Å². The maximum Gasteiger partial charge on any atom is 0.410 e. The fraction of sp³-hybridized carbons (Fsp3) is 0.474. The van der Waals surface area contributed by atoms with Gasteiger partial charge in [-0.2, -0.15) is 9.90 Å². The number of cyclic esters (lactones) is 1. The fourth-order valence-corrected chi connectivity index (χ4v) is 3.68. The number of rotatable bonds is 3. The van der Waals surface area contributed by atoms with Gasteiger partial charge in [-0.15, -0.1) is 5.10 Å².